The monoisotopic (exact) mass is 310 g/mol. The number of piperidine rings is 1. The molecule has 0 aromatic carbocycles. The molecule has 0 bridgehead atoms. The number of amides is 2. The zero-order valence-electron chi connectivity index (χ0n) is 14.0. The van der Waals surface area contributed by atoms with Gasteiger partial charge in [0, 0.05) is 39.3 Å². The second-order valence-electron chi connectivity index (χ2n) is 6.81. The van der Waals surface area contributed by atoms with Crippen LogP contribution >= 0.6 is 0 Å². The van der Waals surface area contributed by atoms with Crippen LogP contribution in [0.5, 0.6) is 0 Å². The van der Waals surface area contributed by atoms with E-state index in [1.807, 2.05) is 23.6 Å². The summed E-state index contributed by atoms with van der Waals surface area (Å²) in [5.74, 6) is 0.432. The SMILES string of the molecule is CC(C)[C@H](N)C(=O)N1CCN(CC(=O)N2CCCCC2)CC1. The molecule has 0 saturated carbocycles. The maximum Gasteiger partial charge on any atom is 0.239 e. The highest BCUT2D eigenvalue weighted by Gasteiger charge is 2.28. The second kappa shape index (κ2) is 7.92. The van der Waals surface area contributed by atoms with Crippen LogP contribution in [0.1, 0.15) is 33.1 Å². The van der Waals surface area contributed by atoms with E-state index in [0.717, 1.165) is 39.0 Å². The lowest BCUT2D eigenvalue weighted by Crippen LogP contribution is -2.55. The van der Waals surface area contributed by atoms with Gasteiger partial charge in [0.05, 0.1) is 12.6 Å². The number of nitrogens with two attached hydrogens (primary N) is 1. The van der Waals surface area contributed by atoms with Crippen molar-refractivity contribution in [3.63, 3.8) is 0 Å². The molecule has 2 rings (SSSR count). The molecular weight excluding hydrogens is 280 g/mol. The summed E-state index contributed by atoms with van der Waals surface area (Å²) in [5.41, 5.74) is 5.94. The number of piperazine rings is 1. The Morgan fingerprint density at radius 2 is 1.50 bits per heavy atom. The number of rotatable bonds is 4. The van der Waals surface area contributed by atoms with Gasteiger partial charge in [-0.15, -0.1) is 0 Å². The molecule has 0 unspecified atom stereocenters. The summed E-state index contributed by atoms with van der Waals surface area (Å²) < 4.78 is 0. The highest BCUT2D eigenvalue weighted by atomic mass is 16.2. The molecule has 0 aromatic rings. The first-order valence-corrected chi connectivity index (χ1v) is 8.53. The Labute approximate surface area is 133 Å². The second-order valence-corrected chi connectivity index (χ2v) is 6.81. The fraction of sp³-hybridized carbons (Fsp3) is 0.875. The number of carbonyl (C=O) groups is 2. The Morgan fingerprint density at radius 1 is 0.909 bits per heavy atom. The van der Waals surface area contributed by atoms with Crippen molar-refractivity contribution in [3.8, 4) is 0 Å². The van der Waals surface area contributed by atoms with Crippen LogP contribution < -0.4 is 5.73 Å². The van der Waals surface area contributed by atoms with E-state index in [-0.39, 0.29) is 17.7 Å². The summed E-state index contributed by atoms with van der Waals surface area (Å²) in [6.45, 7) is 9.09. The van der Waals surface area contributed by atoms with E-state index >= 15 is 0 Å². The molecule has 0 aromatic heterocycles. The first-order chi connectivity index (χ1) is 10.5. The summed E-state index contributed by atoms with van der Waals surface area (Å²) in [6.07, 6.45) is 3.49. The smallest absolute Gasteiger partial charge is 0.239 e. The van der Waals surface area contributed by atoms with Crippen LogP contribution in [0.2, 0.25) is 0 Å². The first-order valence-electron chi connectivity index (χ1n) is 8.53. The lowest BCUT2D eigenvalue weighted by Gasteiger charge is -2.37. The van der Waals surface area contributed by atoms with Gasteiger partial charge in [-0.3, -0.25) is 14.5 Å². The maximum absolute atomic E-state index is 12.3. The van der Waals surface area contributed by atoms with Crippen molar-refractivity contribution in [1.82, 2.24) is 14.7 Å². The molecule has 6 heteroatoms. The fourth-order valence-corrected chi connectivity index (χ4v) is 3.06. The van der Waals surface area contributed by atoms with Crippen LogP contribution in [0.3, 0.4) is 0 Å². The van der Waals surface area contributed by atoms with Gasteiger partial charge in [0.2, 0.25) is 11.8 Å². The van der Waals surface area contributed by atoms with Crippen LogP contribution in [0.15, 0.2) is 0 Å². The topological polar surface area (TPSA) is 69.9 Å². The van der Waals surface area contributed by atoms with Crippen LogP contribution in [-0.4, -0.2) is 78.4 Å². The van der Waals surface area contributed by atoms with E-state index in [2.05, 4.69) is 4.90 Å². The molecule has 1 atom stereocenters. The van der Waals surface area contributed by atoms with Gasteiger partial charge in [0.15, 0.2) is 0 Å². The third-order valence-corrected chi connectivity index (χ3v) is 4.75. The molecule has 2 saturated heterocycles. The number of nitrogens with zero attached hydrogens (tertiary/aromatic N) is 3. The Balaban J connectivity index is 1.75. The van der Waals surface area contributed by atoms with E-state index in [4.69, 9.17) is 5.73 Å². The zero-order chi connectivity index (χ0) is 16.1. The molecule has 0 aliphatic carbocycles. The summed E-state index contributed by atoms with van der Waals surface area (Å²) in [6, 6.07) is -0.415. The molecule has 2 aliphatic heterocycles. The predicted octanol–water partition coefficient (Wildman–Crippen LogP) is 0.126. The summed E-state index contributed by atoms with van der Waals surface area (Å²) >= 11 is 0. The molecule has 0 spiro atoms. The van der Waals surface area contributed by atoms with Gasteiger partial charge in [-0.1, -0.05) is 13.8 Å². The normalized spacial score (nSPS) is 22.0. The van der Waals surface area contributed by atoms with E-state index in [0.29, 0.717) is 19.6 Å². The third kappa shape index (κ3) is 4.43. The molecule has 126 valence electrons. The van der Waals surface area contributed by atoms with Crippen molar-refractivity contribution in [2.45, 2.75) is 39.2 Å². The van der Waals surface area contributed by atoms with Gasteiger partial charge in [0.1, 0.15) is 0 Å². The van der Waals surface area contributed by atoms with Crippen molar-refractivity contribution in [2.75, 3.05) is 45.8 Å². The van der Waals surface area contributed by atoms with Gasteiger partial charge in [-0.05, 0) is 25.2 Å². The number of carbonyl (C=O) groups excluding carboxylic acids is 2. The van der Waals surface area contributed by atoms with Crippen molar-refractivity contribution >= 4 is 11.8 Å². The van der Waals surface area contributed by atoms with Gasteiger partial charge in [0.25, 0.3) is 0 Å². The summed E-state index contributed by atoms with van der Waals surface area (Å²) in [5, 5.41) is 0. The van der Waals surface area contributed by atoms with Crippen molar-refractivity contribution < 1.29 is 9.59 Å². The molecule has 6 nitrogen and oxygen atoms in total. The Morgan fingerprint density at radius 3 is 2.05 bits per heavy atom. The minimum atomic E-state index is -0.415. The molecule has 2 fully saturated rings. The molecule has 2 aliphatic rings. The van der Waals surface area contributed by atoms with E-state index in [1.54, 1.807) is 0 Å². The minimum absolute atomic E-state index is 0.0389. The summed E-state index contributed by atoms with van der Waals surface area (Å²) in [4.78, 5) is 30.5. The van der Waals surface area contributed by atoms with E-state index in [1.165, 1.54) is 6.42 Å². The van der Waals surface area contributed by atoms with Crippen LogP contribution in [0.25, 0.3) is 0 Å². The first kappa shape index (κ1) is 17.2. The number of hydrogen-bond acceptors (Lipinski definition) is 4. The van der Waals surface area contributed by atoms with E-state index in [9.17, 15) is 9.59 Å². The van der Waals surface area contributed by atoms with Crippen molar-refractivity contribution in [1.29, 1.82) is 0 Å². The molecule has 2 amide bonds. The Bertz CT molecular complexity index is 386. The lowest BCUT2D eigenvalue weighted by molar-refractivity contribution is -0.137. The van der Waals surface area contributed by atoms with Crippen LogP contribution in [0, 0.1) is 5.92 Å². The van der Waals surface area contributed by atoms with Crippen LogP contribution in [-0.2, 0) is 9.59 Å². The maximum atomic E-state index is 12.3. The van der Waals surface area contributed by atoms with Gasteiger partial charge in [-0.2, -0.15) is 0 Å². The van der Waals surface area contributed by atoms with Crippen molar-refractivity contribution in [2.24, 2.45) is 11.7 Å². The molecule has 2 heterocycles. The predicted molar refractivity (Wildman–Crippen MR) is 86.3 cm³/mol. The Hall–Kier alpha value is -1.14. The van der Waals surface area contributed by atoms with Gasteiger partial charge < -0.3 is 15.5 Å². The fourth-order valence-electron chi connectivity index (χ4n) is 3.06. The third-order valence-electron chi connectivity index (χ3n) is 4.75. The molecule has 2 N–H and O–H groups in total. The standard InChI is InChI=1S/C16H30N4O2/c1-13(2)15(17)16(22)20-10-8-18(9-11-20)12-14(21)19-6-4-3-5-7-19/h13,15H,3-12,17H2,1-2H3/t15-/m0/s1. The number of likely N-dealkylation sites (tertiary alicyclic amines) is 1. The van der Waals surface area contributed by atoms with Gasteiger partial charge >= 0.3 is 0 Å². The average molecular weight is 310 g/mol. The number of hydrogen-bond donors (Lipinski definition) is 1. The lowest BCUT2D eigenvalue weighted by atomic mass is 10.0. The molecule has 0 radical (unpaired) electrons. The molecule has 22 heavy (non-hydrogen) atoms. The minimum Gasteiger partial charge on any atom is -0.342 e. The zero-order valence-corrected chi connectivity index (χ0v) is 14.0. The van der Waals surface area contributed by atoms with E-state index < -0.39 is 6.04 Å². The largest absolute Gasteiger partial charge is 0.342 e. The average Bonchev–Trinajstić information content (AvgIpc) is 2.55. The highest BCUT2D eigenvalue weighted by molar-refractivity contribution is 5.82. The van der Waals surface area contributed by atoms with Crippen molar-refractivity contribution in [3.05, 3.63) is 0 Å². The molecular formula is C16H30N4O2. The highest BCUT2D eigenvalue weighted by Crippen LogP contribution is 2.11. The quantitative estimate of drug-likeness (QED) is 0.801. The Kier molecular flexibility index (Phi) is 6.20. The van der Waals surface area contributed by atoms with Gasteiger partial charge in [-0.25, -0.2) is 0 Å². The summed E-state index contributed by atoms with van der Waals surface area (Å²) in [7, 11) is 0. The van der Waals surface area contributed by atoms with Crippen LogP contribution in [0.4, 0.5) is 0 Å².